The normalized spacial score (nSPS) is 12.0. The van der Waals surface area contributed by atoms with Gasteiger partial charge in [0.05, 0.1) is 0 Å². The number of terminal acetylenes is 1. The Hall–Kier alpha value is -1.94. The van der Waals surface area contributed by atoms with Gasteiger partial charge in [0.2, 0.25) is 0 Å². The lowest BCUT2D eigenvalue weighted by molar-refractivity contribution is 0.483. The standard InChI is InChI=1S/C14H12O/c1-3-13(12-7-5-4-6-8-12)14-10-9-11(2)15-14/h1,4-10,13H,2H3/t13-/m1/s1. The van der Waals surface area contributed by atoms with E-state index in [2.05, 4.69) is 5.92 Å². The first-order valence-electron chi connectivity index (χ1n) is 4.88. The van der Waals surface area contributed by atoms with Crippen LogP contribution in [0.15, 0.2) is 46.9 Å². The highest BCUT2D eigenvalue weighted by atomic mass is 16.3. The molecular formula is C14H12O. The molecule has 0 bridgehead atoms. The third-order valence-corrected chi connectivity index (χ3v) is 2.35. The van der Waals surface area contributed by atoms with Crippen LogP contribution >= 0.6 is 0 Å². The number of hydrogen-bond donors (Lipinski definition) is 0. The van der Waals surface area contributed by atoms with E-state index in [0.29, 0.717) is 0 Å². The second-order valence-electron chi connectivity index (χ2n) is 3.46. The molecule has 2 rings (SSSR count). The van der Waals surface area contributed by atoms with Crippen LogP contribution in [-0.4, -0.2) is 0 Å². The molecule has 15 heavy (non-hydrogen) atoms. The SMILES string of the molecule is C#C[C@H](c1ccccc1)c1ccc(C)o1. The van der Waals surface area contributed by atoms with Gasteiger partial charge < -0.3 is 4.42 Å². The Morgan fingerprint density at radius 3 is 2.40 bits per heavy atom. The van der Waals surface area contributed by atoms with Crippen molar-refractivity contribution in [2.24, 2.45) is 0 Å². The average molecular weight is 196 g/mol. The van der Waals surface area contributed by atoms with Gasteiger partial charge in [0.1, 0.15) is 17.4 Å². The molecule has 0 spiro atoms. The summed E-state index contributed by atoms with van der Waals surface area (Å²) in [5, 5.41) is 0. The van der Waals surface area contributed by atoms with Crippen molar-refractivity contribution in [1.82, 2.24) is 0 Å². The van der Waals surface area contributed by atoms with Gasteiger partial charge in [-0.2, -0.15) is 0 Å². The highest BCUT2D eigenvalue weighted by Gasteiger charge is 2.13. The van der Waals surface area contributed by atoms with Gasteiger partial charge in [0.25, 0.3) is 0 Å². The molecule has 1 heteroatoms. The molecule has 0 aliphatic rings. The fourth-order valence-electron chi connectivity index (χ4n) is 1.60. The van der Waals surface area contributed by atoms with Gasteiger partial charge >= 0.3 is 0 Å². The zero-order valence-corrected chi connectivity index (χ0v) is 8.60. The van der Waals surface area contributed by atoms with Gasteiger partial charge in [-0.15, -0.1) is 6.42 Å². The Morgan fingerprint density at radius 2 is 1.87 bits per heavy atom. The third kappa shape index (κ3) is 1.94. The number of benzene rings is 1. The highest BCUT2D eigenvalue weighted by Crippen LogP contribution is 2.25. The van der Waals surface area contributed by atoms with E-state index in [0.717, 1.165) is 17.1 Å². The van der Waals surface area contributed by atoms with Crippen LogP contribution in [0.3, 0.4) is 0 Å². The van der Waals surface area contributed by atoms with Crippen LogP contribution in [0.5, 0.6) is 0 Å². The maximum Gasteiger partial charge on any atom is 0.123 e. The fraction of sp³-hybridized carbons (Fsp3) is 0.143. The van der Waals surface area contributed by atoms with E-state index in [1.165, 1.54) is 0 Å². The first-order chi connectivity index (χ1) is 7.31. The van der Waals surface area contributed by atoms with Crippen molar-refractivity contribution in [2.75, 3.05) is 0 Å². The summed E-state index contributed by atoms with van der Waals surface area (Å²) in [5.74, 6) is 4.40. The monoisotopic (exact) mass is 196 g/mol. The number of aryl methyl sites for hydroxylation is 1. The van der Waals surface area contributed by atoms with Gasteiger partial charge in [-0.3, -0.25) is 0 Å². The van der Waals surface area contributed by atoms with Crippen LogP contribution in [0.25, 0.3) is 0 Å². The zero-order valence-electron chi connectivity index (χ0n) is 8.60. The molecule has 1 aromatic carbocycles. The highest BCUT2D eigenvalue weighted by molar-refractivity contribution is 5.35. The summed E-state index contributed by atoms with van der Waals surface area (Å²) in [4.78, 5) is 0. The lowest BCUT2D eigenvalue weighted by atomic mass is 9.98. The summed E-state index contributed by atoms with van der Waals surface area (Å²) < 4.78 is 5.55. The molecule has 1 atom stereocenters. The molecule has 0 aliphatic carbocycles. The van der Waals surface area contributed by atoms with E-state index in [-0.39, 0.29) is 5.92 Å². The molecular weight excluding hydrogens is 184 g/mol. The smallest absolute Gasteiger partial charge is 0.123 e. The Balaban J connectivity index is 2.38. The second kappa shape index (κ2) is 4.06. The van der Waals surface area contributed by atoms with Crippen molar-refractivity contribution in [1.29, 1.82) is 0 Å². The lowest BCUT2D eigenvalue weighted by Gasteiger charge is -2.07. The van der Waals surface area contributed by atoms with Crippen molar-refractivity contribution < 1.29 is 4.42 Å². The van der Waals surface area contributed by atoms with E-state index in [9.17, 15) is 0 Å². The van der Waals surface area contributed by atoms with Crippen LogP contribution in [0.2, 0.25) is 0 Å². The fourth-order valence-corrected chi connectivity index (χ4v) is 1.60. The molecule has 0 N–H and O–H groups in total. The summed E-state index contributed by atoms with van der Waals surface area (Å²) in [6.45, 7) is 1.92. The van der Waals surface area contributed by atoms with Gasteiger partial charge in [0.15, 0.2) is 0 Å². The van der Waals surface area contributed by atoms with Crippen LogP contribution < -0.4 is 0 Å². The Labute approximate surface area is 89.7 Å². The Morgan fingerprint density at radius 1 is 1.13 bits per heavy atom. The van der Waals surface area contributed by atoms with Crippen molar-refractivity contribution in [2.45, 2.75) is 12.8 Å². The summed E-state index contributed by atoms with van der Waals surface area (Å²) in [6, 6.07) is 13.8. The number of hydrogen-bond acceptors (Lipinski definition) is 1. The molecule has 1 aromatic heterocycles. The molecule has 74 valence electrons. The predicted octanol–water partition coefficient (Wildman–Crippen LogP) is 3.35. The second-order valence-corrected chi connectivity index (χ2v) is 3.46. The van der Waals surface area contributed by atoms with Gasteiger partial charge in [-0.25, -0.2) is 0 Å². The van der Waals surface area contributed by atoms with Crippen molar-refractivity contribution in [3.8, 4) is 12.3 Å². The molecule has 1 nitrogen and oxygen atoms in total. The van der Waals surface area contributed by atoms with Gasteiger partial charge in [-0.05, 0) is 24.6 Å². The largest absolute Gasteiger partial charge is 0.465 e. The first kappa shape index (κ1) is 9.61. The molecule has 2 aromatic rings. The molecule has 0 amide bonds. The molecule has 0 unspecified atom stereocenters. The predicted molar refractivity (Wildman–Crippen MR) is 60.6 cm³/mol. The minimum absolute atomic E-state index is 0.0834. The van der Waals surface area contributed by atoms with E-state index in [4.69, 9.17) is 10.8 Å². The molecule has 1 heterocycles. The van der Waals surface area contributed by atoms with Crippen molar-refractivity contribution in [3.63, 3.8) is 0 Å². The third-order valence-electron chi connectivity index (χ3n) is 2.35. The first-order valence-corrected chi connectivity index (χ1v) is 4.88. The van der Waals surface area contributed by atoms with Crippen LogP contribution in [0.1, 0.15) is 23.0 Å². The minimum atomic E-state index is -0.0834. The van der Waals surface area contributed by atoms with Crippen LogP contribution in [0, 0.1) is 19.3 Å². The molecule has 0 aliphatic heterocycles. The van der Waals surface area contributed by atoms with Crippen molar-refractivity contribution >= 4 is 0 Å². The Bertz CT molecular complexity index is 474. The average Bonchev–Trinajstić information content (AvgIpc) is 2.68. The number of furan rings is 1. The molecule has 0 saturated heterocycles. The summed E-state index contributed by atoms with van der Waals surface area (Å²) >= 11 is 0. The Kier molecular flexibility index (Phi) is 2.60. The molecule has 0 fully saturated rings. The maximum atomic E-state index is 5.55. The van der Waals surface area contributed by atoms with Crippen molar-refractivity contribution in [3.05, 3.63) is 59.5 Å². The number of rotatable bonds is 2. The van der Waals surface area contributed by atoms with Gasteiger partial charge in [-0.1, -0.05) is 36.3 Å². The van der Waals surface area contributed by atoms with Gasteiger partial charge in [0, 0.05) is 0 Å². The van der Waals surface area contributed by atoms with E-state index < -0.39 is 0 Å². The summed E-state index contributed by atoms with van der Waals surface area (Å²) in [7, 11) is 0. The van der Waals surface area contributed by atoms with E-state index in [1.54, 1.807) is 0 Å². The van der Waals surface area contributed by atoms with E-state index >= 15 is 0 Å². The maximum absolute atomic E-state index is 5.55. The summed E-state index contributed by atoms with van der Waals surface area (Å²) in [5.41, 5.74) is 1.09. The topological polar surface area (TPSA) is 13.1 Å². The quantitative estimate of drug-likeness (QED) is 0.671. The minimum Gasteiger partial charge on any atom is -0.465 e. The zero-order chi connectivity index (χ0) is 10.7. The summed E-state index contributed by atoms with van der Waals surface area (Å²) in [6.07, 6.45) is 5.54. The molecule has 0 radical (unpaired) electrons. The molecule has 0 saturated carbocycles. The lowest BCUT2D eigenvalue weighted by Crippen LogP contribution is -1.95. The van der Waals surface area contributed by atoms with Crippen LogP contribution in [-0.2, 0) is 0 Å². The van der Waals surface area contributed by atoms with E-state index in [1.807, 2.05) is 49.4 Å². The van der Waals surface area contributed by atoms with Crippen LogP contribution in [0.4, 0.5) is 0 Å².